The van der Waals surface area contributed by atoms with Gasteiger partial charge in [0, 0.05) is 29.2 Å². The SMILES string of the molecule is CC(C)(C)OC(=O)N1CC[C@@H](N)c2c(Cl)cc(Cl)cc2C1. The second-order valence-electron chi connectivity index (χ2n) is 6.26. The Morgan fingerprint density at radius 2 is 2.05 bits per heavy atom. The van der Waals surface area contributed by atoms with Crippen molar-refractivity contribution in [2.45, 2.75) is 45.4 Å². The lowest BCUT2D eigenvalue weighted by molar-refractivity contribution is 0.0235. The third-order valence-electron chi connectivity index (χ3n) is 3.27. The molecule has 6 heteroatoms. The molecule has 21 heavy (non-hydrogen) atoms. The zero-order chi connectivity index (χ0) is 15.8. The first kappa shape index (κ1) is 16.4. The molecule has 1 heterocycles. The highest BCUT2D eigenvalue weighted by Gasteiger charge is 2.28. The van der Waals surface area contributed by atoms with Gasteiger partial charge in [-0.05, 0) is 50.5 Å². The Bertz CT molecular complexity index is 555. The number of nitrogens with two attached hydrogens (primary N) is 1. The van der Waals surface area contributed by atoms with Gasteiger partial charge in [-0.15, -0.1) is 0 Å². The number of ether oxygens (including phenoxy) is 1. The third kappa shape index (κ3) is 4.02. The molecule has 0 spiro atoms. The lowest BCUT2D eigenvalue weighted by atomic mass is 10.00. The Morgan fingerprint density at radius 1 is 1.38 bits per heavy atom. The monoisotopic (exact) mass is 330 g/mol. The number of hydrogen-bond donors (Lipinski definition) is 1. The summed E-state index contributed by atoms with van der Waals surface area (Å²) < 4.78 is 5.42. The number of fused-ring (bicyclic) bond motifs is 1. The van der Waals surface area contributed by atoms with E-state index in [1.807, 2.05) is 26.8 Å². The van der Waals surface area contributed by atoms with Crippen LogP contribution >= 0.6 is 23.2 Å². The van der Waals surface area contributed by atoms with E-state index in [1.54, 1.807) is 11.0 Å². The Balaban J connectivity index is 2.29. The van der Waals surface area contributed by atoms with Gasteiger partial charge >= 0.3 is 6.09 Å². The van der Waals surface area contributed by atoms with Gasteiger partial charge in [0.25, 0.3) is 0 Å². The molecule has 1 atom stereocenters. The van der Waals surface area contributed by atoms with E-state index in [-0.39, 0.29) is 12.1 Å². The molecule has 1 amide bonds. The number of hydrogen-bond acceptors (Lipinski definition) is 3. The summed E-state index contributed by atoms with van der Waals surface area (Å²) in [5.74, 6) is 0. The molecule has 4 nitrogen and oxygen atoms in total. The summed E-state index contributed by atoms with van der Waals surface area (Å²) in [5.41, 5.74) is 7.40. The predicted molar refractivity (Wildman–Crippen MR) is 84.7 cm³/mol. The van der Waals surface area contributed by atoms with Crippen LogP contribution < -0.4 is 5.73 Å². The molecule has 2 rings (SSSR count). The van der Waals surface area contributed by atoms with Crippen molar-refractivity contribution in [2.75, 3.05) is 6.54 Å². The predicted octanol–water partition coefficient (Wildman–Crippen LogP) is 4.13. The van der Waals surface area contributed by atoms with Crippen molar-refractivity contribution in [3.63, 3.8) is 0 Å². The van der Waals surface area contributed by atoms with Crippen LogP contribution in [-0.2, 0) is 11.3 Å². The molecule has 0 aliphatic carbocycles. The van der Waals surface area contributed by atoms with Gasteiger partial charge in [0.15, 0.2) is 0 Å². The van der Waals surface area contributed by atoms with Crippen LogP contribution in [0.25, 0.3) is 0 Å². The maximum absolute atomic E-state index is 12.2. The number of carbonyl (C=O) groups is 1. The molecule has 1 aromatic rings. The van der Waals surface area contributed by atoms with E-state index in [4.69, 9.17) is 33.7 Å². The van der Waals surface area contributed by atoms with Gasteiger partial charge in [-0.25, -0.2) is 4.79 Å². The molecule has 116 valence electrons. The first-order chi connectivity index (χ1) is 9.67. The standard InChI is InChI=1S/C15H20Cl2N2O2/c1-15(2,3)21-14(20)19-5-4-12(18)13-9(8-19)6-10(16)7-11(13)17/h6-7,12H,4-5,8,18H2,1-3H3/t12-/m1/s1. The fourth-order valence-corrected chi connectivity index (χ4v) is 3.07. The van der Waals surface area contributed by atoms with E-state index >= 15 is 0 Å². The fourth-order valence-electron chi connectivity index (χ4n) is 2.39. The summed E-state index contributed by atoms with van der Waals surface area (Å²) in [7, 11) is 0. The van der Waals surface area contributed by atoms with Crippen molar-refractivity contribution < 1.29 is 9.53 Å². The molecule has 0 unspecified atom stereocenters. The molecule has 0 saturated carbocycles. The third-order valence-corrected chi connectivity index (χ3v) is 3.80. The summed E-state index contributed by atoms with van der Waals surface area (Å²) in [6.45, 7) is 6.46. The first-order valence-electron chi connectivity index (χ1n) is 6.88. The summed E-state index contributed by atoms with van der Waals surface area (Å²) >= 11 is 12.3. The van der Waals surface area contributed by atoms with E-state index in [9.17, 15) is 4.79 Å². The van der Waals surface area contributed by atoms with Gasteiger partial charge in [-0.2, -0.15) is 0 Å². The molecule has 1 aliphatic rings. The Labute approximate surface area is 135 Å². The van der Waals surface area contributed by atoms with Gasteiger partial charge in [0.2, 0.25) is 0 Å². The van der Waals surface area contributed by atoms with Crippen LogP contribution in [-0.4, -0.2) is 23.1 Å². The lowest BCUT2D eigenvalue weighted by Gasteiger charge is -2.26. The van der Waals surface area contributed by atoms with Crippen molar-refractivity contribution in [1.29, 1.82) is 0 Å². The molecule has 2 N–H and O–H groups in total. The van der Waals surface area contributed by atoms with Gasteiger partial charge in [0.05, 0.1) is 0 Å². The average molecular weight is 331 g/mol. The van der Waals surface area contributed by atoms with E-state index in [0.29, 0.717) is 29.6 Å². The average Bonchev–Trinajstić information content (AvgIpc) is 2.46. The first-order valence-corrected chi connectivity index (χ1v) is 7.64. The molecule has 0 bridgehead atoms. The maximum Gasteiger partial charge on any atom is 0.410 e. The fraction of sp³-hybridized carbons (Fsp3) is 0.533. The molecular weight excluding hydrogens is 311 g/mol. The summed E-state index contributed by atoms with van der Waals surface area (Å²) in [6, 6.07) is 3.29. The molecule has 0 radical (unpaired) electrons. The largest absolute Gasteiger partial charge is 0.444 e. The van der Waals surface area contributed by atoms with Crippen LogP contribution in [0, 0.1) is 0 Å². The molecule has 1 aromatic carbocycles. The molecule has 0 saturated heterocycles. The van der Waals surface area contributed by atoms with Gasteiger partial charge in [-0.3, -0.25) is 0 Å². The Hall–Kier alpha value is -0.970. The van der Waals surface area contributed by atoms with Crippen LogP contribution in [0.3, 0.4) is 0 Å². The summed E-state index contributed by atoms with van der Waals surface area (Å²) in [6.07, 6.45) is 0.284. The highest BCUT2D eigenvalue weighted by molar-refractivity contribution is 6.35. The van der Waals surface area contributed by atoms with Crippen LogP contribution in [0.15, 0.2) is 12.1 Å². The van der Waals surface area contributed by atoms with Crippen LogP contribution in [0.5, 0.6) is 0 Å². The van der Waals surface area contributed by atoms with E-state index in [0.717, 1.165) is 11.1 Å². The maximum atomic E-state index is 12.2. The minimum atomic E-state index is -0.527. The zero-order valence-corrected chi connectivity index (χ0v) is 14.0. The van der Waals surface area contributed by atoms with Crippen LogP contribution in [0.1, 0.15) is 44.4 Å². The number of amides is 1. The Morgan fingerprint density at radius 3 is 2.67 bits per heavy atom. The van der Waals surface area contributed by atoms with Crippen molar-refractivity contribution in [3.8, 4) is 0 Å². The van der Waals surface area contributed by atoms with Gasteiger partial charge < -0.3 is 15.4 Å². The van der Waals surface area contributed by atoms with Crippen LogP contribution in [0.2, 0.25) is 10.0 Å². The zero-order valence-electron chi connectivity index (χ0n) is 12.5. The number of benzene rings is 1. The quantitative estimate of drug-likeness (QED) is 0.777. The van der Waals surface area contributed by atoms with Crippen molar-refractivity contribution >= 4 is 29.3 Å². The normalized spacial score (nSPS) is 19.0. The molecule has 0 fully saturated rings. The highest BCUT2D eigenvalue weighted by atomic mass is 35.5. The van der Waals surface area contributed by atoms with E-state index in [2.05, 4.69) is 0 Å². The molecule has 1 aliphatic heterocycles. The van der Waals surface area contributed by atoms with Gasteiger partial charge in [0.1, 0.15) is 5.60 Å². The molecular formula is C15H20Cl2N2O2. The molecule has 0 aromatic heterocycles. The number of nitrogens with zero attached hydrogens (tertiary/aromatic N) is 1. The number of carbonyl (C=O) groups excluding carboxylic acids is 1. The second kappa shape index (κ2) is 6.03. The van der Waals surface area contributed by atoms with Crippen molar-refractivity contribution in [2.24, 2.45) is 5.73 Å². The highest BCUT2D eigenvalue weighted by Crippen LogP contribution is 2.34. The lowest BCUT2D eigenvalue weighted by Crippen LogP contribution is -2.36. The summed E-state index contributed by atoms with van der Waals surface area (Å²) in [5, 5.41) is 1.09. The minimum absolute atomic E-state index is 0.211. The second-order valence-corrected chi connectivity index (χ2v) is 7.10. The van der Waals surface area contributed by atoms with E-state index in [1.165, 1.54) is 0 Å². The topological polar surface area (TPSA) is 55.6 Å². The smallest absolute Gasteiger partial charge is 0.410 e. The Kier molecular flexibility index (Phi) is 4.71. The van der Waals surface area contributed by atoms with Crippen LogP contribution in [0.4, 0.5) is 4.79 Å². The van der Waals surface area contributed by atoms with Crippen molar-refractivity contribution in [3.05, 3.63) is 33.3 Å². The summed E-state index contributed by atoms with van der Waals surface area (Å²) in [4.78, 5) is 13.9. The number of rotatable bonds is 0. The number of halogens is 2. The van der Waals surface area contributed by atoms with Gasteiger partial charge in [-0.1, -0.05) is 23.2 Å². The van der Waals surface area contributed by atoms with E-state index < -0.39 is 5.60 Å². The van der Waals surface area contributed by atoms with Crippen molar-refractivity contribution in [1.82, 2.24) is 4.90 Å². The minimum Gasteiger partial charge on any atom is -0.444 e.